The second-order valence-corrected chi connectivity index (χ2v) is 5.26. The highest BCUT2D eigenvalue weighted by molar-refractivity contribution is 5.20. The van der Waals surface area contributed by atoms with Crippen molar-refractivity contribution in [1.29, 1.82) is 0 Å². The molecule has 1 aromatic rings. The summed E-state index contributed by atoms with van der Waals surface area (Å²) in [4.78, 5) is 4.85. The van der Waals surface area contributed by atoms with Crippen molar-refractivity contribution in [3.05, 3.63) is 17.0 Å². The van der Waals surface area contributed by atoms with Crippen molar-refractivity contribution in [1.82, 2.24) is 15.0 Å². The second kappa shape index (κ2) is 7.73. The zero-order chi connectivity index (χ0) is 14.4. The molecule has 6 nitrogen and oxygen atoms in total. The van der Waals surface area contributed by atoms with Gasteiger partial charge in [0.1, 0.15) is 5.76 Å². The number of piperazine rings is 1. The van der Waals surface area contributed by atoms with Gasteiger partial charge in [-0.25, -0.2) is 0 Å². The maximum atomic E-state index is 8.65. The van der Waals surface area contributed by atoms with Crippen LogP contribution < -0.4 is 0 Å². The fourth-order valence-electron chi connectivity index (χ4n) is 2.48. The number of rotatable bonds is 7. The first-order valence-electron chi connectivity index (χ1n) is 7.25. The average molecular weight is 283 g/mol. The summed E-state index contributed by atoms with van der Waals surface area (Å²) < 4.78 is 10.5. The molecule has 2 heterocycles. The molecule has 1 saturated heterocycles. The topological polar surface area (TPSA) is 62.0 Å². The molecule has 0 unspecified atom stereocenters. The molecular formula is C14H25N3O3. The van der Waals surface area contributed by atoms with Crippen molar-refractivity contribution >= 4 is 0 Å². The quantitative estimate of drug-likeness (QED) is 0.732. The molecule has 1 aliphatic rings. The number of nitrogens with zero attached hydrogens (tertiary/aromatic N) is 3. The van der Waals surface area contributed by atoms with Crippen molar-refractivity contribution in [3.63, 3.8) is 0 Å². The molecule has 0 radical (unpaired) electrons. The van der Waals surface area contributed by atoms with Gasteiger partial charge >= 0.3 is 0 Å². The molecule has 0 aromatic carbocycles. The predicted molar refractivity (Wildman–Crippen MR) is 75.6 cm³/mol. The van der Waals surface area contributed by atoms with Gasteiger partial charge in [-0.3, -0.25) is 9.80 Å². The first kappa shape index (κ1) is 15.4. The van der Waals surface area contributed by atoms with Gasteiger partial charge in [0.05, 0.1) is 25.5 Å². The van der Waals surface area contributed by atoms with Gasteiger partial charge in [0.25, 0.3) is 0 Å². The van der Waals surface area contributed by atoms with Gasteiger partial charge in [-0.1, -0.05) is 5.16 Å². The minimum absolute atomic E-state index is 0.102. The summed E-state index contributed by atoms with van der Waals surface area (Å²) in [5.74, 6) is 0.933. The number of hydrogen-bond donors (Lipinski definition) is 1. The Morgan fingerprint density at radius 2 is 1.85 bits per heavy atom. The van der Waals surface area contributed by atoms with Gasteiger partial charge in [0.2, 0.25) is 0 Å². The highest BCUT2D eigenvalue weighted by atomic mass is 16.5. The Balaban J connectivity index is 1.69. The van der Waals surface area contributed by atoms with Gasteiger partial charge < -0.3 is 14.4 Å². The van der Waals surface area contributed by atoms with E-state index in [9.17, 15) is 0 Å². The molecule has 0 saturated carbocycles. The molecule has 0 aliphatic carbocycles. The van der Waals surface area contributed by atoms with E-state index >= 15 is 0 Å². The maximum Gasteiger partial charge on any atom is 0.138 e. The standard InChI is InChI=1S/C14H25N3O3/c1-12-14(13(2)20-15-12)11-17-5-3-16(4-6-17)7-9-19-10-8-18/h18H,3-11H2,1-2H3. The van der Waals surface area contributed by atoms with Crippen LogP contribution in [-0.4, -0.2) is 72.6 Å². The third-order valence-electron chi connectivity index (χ3n) is 3.82. The van der Waals surface area contributed by atoms with Crippen LogP contribution in [0.15, 0.2) is 4.52 Å². The summed E-state index contributed by atoms with van der Waals surface area (Å²) in [6, 6.07) is 0. The Morgan fingerprint density at radius 3 is 2.45 bits per heavy atom. The van der Waals surface area contributed by atoms with Gasteiger partial charge in [-0.15, -0.1) is 0 Å². The molecule has 1 fully saturated rings. The van der Waals surface area contributed by atoms with E-state index in [1.807, 2.05) is 13.8 Å². The molecule has 0 bridgehead atoms. The van der Waals surface area contributed by atoms with Gasteiger partial charge in [0, 0.05) is 44.8 Å². The number of hydrogen-bond acceptors (Lipinski definition) is 6. The van der Waals surface area contributed by atoms with Crippen LogP contribution in [0.5, 0.6) is 0 Å². The van der Waals surface area contributed by atoms with Crippen LogP contribution in [-0.2, 0) is 11.3 Å². The Labute approximate surface area is 120 Å². The summed E-state index contributed by atoms with van der Waals surface area (Å²) in [5.41, 5.74) is 2.23. The molecule has 1 aromatic heterocycles. The molecule has 2 rings (SSSR count). The third kappa shape index (κ3) is 4.28. The highest BCUT2D eigenvalue weighted by Crippen LogP contribution is 2.16. The first-order chi connectivity index (χ1) is 9.70. The van der Waals surface area contributed by atoms with Crippen LogP contribution in [0.2, 0.25) is 0 Å². The summed E-state index contributed by atoms with van der Waals surface area (Å²) in [7, 11) is 0. The van der Waals surface area contributed by atoms with Crippen molar-refractivity contribution in [2.45, 2.75) is 20.4 Å². The summed E-state index contributed by atoms with van der Waals surface area (Å²) in [5, 5.41) is 12.7. The van der Waals surface area contributed by atoms with E-state index in [0.29, 0.717) is 13.2 Å². The van der Waals surface area contributed by atoms with E-state index in [1.165, 1.54) is 5.56 Å². The lowest BCUT2D eigenvalue weighted by Gasteiger charge is -2.34. The van der Waals surface area contributed by atoms with E-state index in [0.717, 1.165) is 50.7 Å². The van der Waals surface area contributed by atoms with Crippen molar-refractivity contribution < 1.29 is 14.4 Å². The minimum Gasteiger partial charge on any atom is -0.394 e. The maximum absolute atomic E-state index is 8.65. The van der Waals surface area contributed by atoms with E-state index in [-0.39, 0.29) is 6.61 Å². The molecule has 0 amide bonds. The molecule has 114 valence electrons. The number of aliphatic hydroxyl groups excluding tert-OH is 1. The number of aryl methyl sites for hydroxylation is 2. The largest absolute Gasteiger partial charge is 0.394 e. The lowest BCUT2D eigenvalue weighted by molar-refractivity contribution is 0.0563. The van der Waals surface area contributed by atoms with Crippen LogP contribution in [0.3, 0.4) is 0 Å². The first-order valence-corrected chi connectivity index (χ1v) is 7.25. The number of ether oxygens (including phenoxy) is 1. The zero-order valence-corrected chi connectivity index (χ0v) is 12.5. The minimum atomic E-state index is 0.102. The van der Waals surface area contributed by atoms with Crippen LogP contribution in [0.4, 0.5) is 0 Å². The third-order valence-corrected chi connectivity index (χ3v) is 3.82. The number of aliphatic hydroxyl groups is 1. The lowest BCUT2D eigenvalue weighted by atomic mass is 10.2. The average Bonchev–Trinajstić information content (AvgIpc) is 2.77. The smallest absolute Gasteiger partial charge is 0.138 e. The van der Waals surface area contributed by atoms with E-state index < -0.39 is 0 Å². The van der Waals surface area contributed by atoms with Crippen LogP contribution in [0, 0.1) is 13.8 Å². The van der Waals surface area contributed by atoms with Crippen LogP contribution in [0.25, 0.3) is 0 Å². The second-order valence-electron chi connectivity index (χ2n) is 5.26. The zero-order valence-electron chi connectivity index (χ0n) is 12.5. The fourth-order valence-corrected chi connectivity index (χ4v) is 2.48. The SMILES string of the molecule is Cc1noc(C)c1CN1CCN(CCOCCO)CC1. The van der Waals surface area contributed by atoms with Crippen molar-refractivity contribution in [3.8, 4) is 0 Å². The Kier molecular flexibility index (Phi) is 5.97. The Morgan fingerprint density at radius 1 is 1.15 bits per heavy atom. The van der Waals surface area contributed by atoms with Gasteiger partial charge in [0.15, 0.2) is 0 Å². The predicted octanol–water partition coefficient (Wildman–Crippen LogP) is 0.418. The molecule has 20 heavy (non-hydrogen) atoms. The highest BCUT2D eigenvalue weighted by Gasteiger charge is 2.19. The van der Waals surface area contributed by atoms with Gasteiger partial charge in [-0.2, -0.15) is 0 Å². The molecule has 6 heteroatoms. The van der Waals surface area contributed by atoms with Crippen molar-refractivity contribution in [2.24, 2.45) is 0 Å². The van der Waals surface area contributed by atoms with E-state index in [1.54, 1.807) is 0 Å². The summed E-state index contributed by atoms with van der Waals surface area (Å²) in [6.45, 7) is 11.3. The molecular weight excluding hydrogens is 258 g/mol. The molecule has 1 aliphatic heterocycles. The van der Waals surface area contributed by atoms with Crippen LogP contribution in [0.1, 0.15) is 17.0 Å². The van der Waals surface area contributed by atoms with Gasteiger partial charge in [-0.05, 0) is 13.8 Å². The normalized spacial score (nSPS) is 17.8. The monoisotopic (exact) mass is 283 g/mol. The Bertz CT molecular complexity index is 381. The fraction of sp³-hybridized carbons (Fsp3) is 0.786. The number of aromatic nitrogens is 1. The Hall–Kier alpha value is -0.950. The molecule has 0 atom stereocenters. The molecule has 0 spiro atoms. The van der Waals surface area contributed by atoms with E-state index in [4.69, 9.17) is 14.4 Å². The van der Waals surface area contributed by atoms with Crippen molar-refractivity contribution in [2.75, 3.05) is 52.5 Å². The van der Waals surface area contributed by atoms with E-state index in [2.05, 4.69) is 15.0 Å². The summed E-state index contributed by atoms with van der Waals surface area (Å²) >= 11 is 0. The summed E-state index contributed by atoms with van der Waals surface area (Å²) in [6.07, 6.45) is 0. The molecule has 1 N–H and O–H groups in total. The van der Waals surface area contributed by atoms with Crippen LogP contribution >= 0.6 is 0 Å². The lowest BCUT2D eigenvalue weighted by Crippen LogP contribution is -2.46.